The van der Waals surface area contributed by atoms with Crippen LogP contribution in [0, 0.1) is 0 Å². The topological polar surface area (TPSA) is 135 Å². The van der Waals surface area contributed by atoms with Crippen LogP contribution in [0.15, 0.2) is 0 Å². The van der Waals surface area contributed by atoms with E-state index >= 15 is 0 Å². The van der Waals surface area contributed by atoms with Crippen molar-refractivity contribution in [2.45, 2.75) is 320 Å². The maximum absolute atomic E-state index is 12.9. The van der Waals surface area contributed by atoms with Gasteiger partial charge in [0.05, 0.1) is 19.8 Å². The Balaban J connectivity index is 2.14. The Bertz CT molecular complexity index is 950. The molecule has 1 fully saturated rings. The first kappa shape index (κ1) is 61.2. The number of unbranched alkanes of at least 4 members (excludes halogenated alkanes) is 39. The Morgan fingerprint density at radius 3 is 1.11 bits per heavy atom. The van der Waals surface area contributed by atoms with Crippen molar-refractivity contribution in [3.05, 3.63) is 0 Å². The van der Waals surface area contributed by atoms with Crippen molar-refractivity contribution in [2.75, 3.05) is 26.4 Å². The second kappa shape index (κ2) is 47.3. The van der Waals surface area contributed by atoms with Gasteiger partial charge in [-0.15, -0.1) is 0 Å². The monoisotopic (exact) mass is 913 g/mol. The summed E-state index contributed by atoms with van der Waals surface area (Å²) in [5.41, 5.74) is 0. The number of carbonyl (C=O) groups is 1. The molecule has 1 aliphatic heterocycles. The van der Waals surface area contributed by atoms with Gasteiger partial charge in [-0.1, -0.05) is 264 Å². The molecular formula is C55H108O9. The number of aliphatic hydroxyl groups excluding tert-OH is 4. The number of esters is 1. The van der Waals surface area contributed by atoms with E-state index in [2.05, 4.69) is 13.8 Å². The van der Waals surface area contributed by atoms with Gasteiger partial charge in [-0.05, 0) is 12.8 Å². The molecule has 0 spiro atoms. The summed E-state index contributed by atoms with van der Waals surface area (Å²) in [6, 6.07) is 0. The summed E-state index contributed by atoms with van der Waals surface area (Å²) in [5.74, 6) is -0.303. The molecule has 0 amide bonds. The van der Waals surface area contributed by atoms with Gasteiger partial charge in [0.15, 0.2) is 6.29 Å². The van der Waals surface area contributed by atoms with Gasteiger partial charge in [-0.2, -0.15) is 0 Å². The smallest absolute Gasteiger partial charge is 0.306 e. The van der Waals surface area contributed by atoms with Crippen molar-refractivity contribution < 1.29 is 44.2 Å². The lowest BCUT2D eigenvalue weighted by molar-refractivity contribution is -0.305. The zero-order valence-electron chi connectivity index (χ0n) is 42.3. The van der Waals surface area contributed by atoms with Crippen molar-refractivity contribution in [1.29, 1.82) is 0 Å². The highest BCUT2D eigenvalue weighted by molar-refractivity contribution is 5.69. The van der Waals surface area contributed by atoms with E-state index in [9.17, 15) is 25.2 Å². The van der Waals surface area contributed by atoms with Gasteiger partial charge in [0.25, 0.3) is 0 Å². The Hall–Kier alpha value is -0.810. The molecule has 64 heavy (non-hydrogen) atoms. The molecule has 4 N–H and O–H groups in total. The number of hydrogen-bond acceptors (Lipinski definition) is 9. The Kier molecular flexibility index (Phi) is 45.2. The molecule has 6 unspecified atom stereocenters. The fourth-order valence-corrected chi connectivity index (χ4v) is 9.14. The van der Waals surface area contributed by atoms with Gasteiger partial charge in [0, 0.05) is 13.0 Å². The number of aliphatic hydroxyl groups is 4. The van der Waals surface area contributed by atoms with Crippen LogP contribution in [0.1, 0.15) is 284 Å². The highest BCUT2D eigenvalue weighted by Crippen LogP contribution is 2.23. The minimum atomic E-state index is -1.53. The van der Waals surface area contributed by atoms with Crippen molar-refractivity contribution in [1.82, 2.24) is 0 Å². The largest absolute Gasteiger partial charge is 0.457 e. The highest BCUT2D eigenvalue weighted by Gasteiger charge is 2.44. The summed E-state index contributed by atoms with van der Waals surface area (Å²) < 4.78 is 23.0. The highest BCUT2D eigenvalue weighted by atomic mass is 16.7. The normalized spacial score (nSPS) is 19.4. The fourth-order valence-electron chi connectivity index (χ4n) is 9.14. The van der Waals surface area contributed by atoms with E-state index in [1.54, 1.807) is 0 Å². The average molecular weight is 913 g/mol. The summed E-state index contributed by atoms with van der Waals surface area (Å²) in [7, 11) is 0. The van der Waals surface area contributed by atoms with E-state index in [4.69, 9.17) is 18.9 Å². The predicted molar refractivity (Wildman–Crippen MR) is 266 cm³/mol. The molecule has 1 rings (SSSR count). The summed E-state index contributed by atoms with van der Waals surface area (Å²) >= 11 is 0. The molecule has 0 aromatic heterocycles. The van der Waals surface area contributed by atoms with Crippen LogP contribution in [0.3, 0.4) is 0 Å². The fraction of sp³-hybridized carbons (Fsp3) is 0.982. The van der Waals surface area contributed by atoms with E-state index in [1.165, 1.54) is 231 Å². The molecule has 1 aliphatic rings. The summed E-state index contributed by atoms with van der Waals surface area (Å²) in [5, 5.41) is 40.3. The number of rotatable bonds is 50. The van der Waals surface area contributed by atoms with Crippen LogP contribution in [-0.2, 0) is 23.7 Å². The van der Waals surface area contributed by atoms with E-state index in [0.29, 0.717) is 13.0 Å². The van der Waals surface area contributed by atoms with E-state index < -0.39 is 43.4 Å². The molecule has 382 valence electrons. The van der Waals surface area contributed by atoms with Crippen LogP contribution in [0.25, 0.3) is 0 Å². The van der Waals surface area contributed by atoms with Gasteiger partial charge in [-0.25, -0.2) is 0 Å². The molecule has 0 aromatic carbocycles. The van der Waals surface area contributed by atoms with Crippen molar-refractivity contribution in [3.63, 3.8) is 0 Å². The van der Waals surface area contributed by atoms with Gasteiger partial charge < -0.3 is 39.4 Å². The van der Waals surface area contributed by atoms with Gasteiger partial charge in [-0.3, -0.25) is 4.79 Å². The molecule has 9 heteroatoms. The second-order valence-corrected chi connectivity index (χ2v) is 19.8. The van der Waals surface area contributed by atoms with E-state index in [1.807, 2.05) is 0 Å². The lowest BCUT2D eigenvalue weighted by atomic mass is 9.99. The van der Waals surface area contributed by atoms with Crippen molar-refractivity contribution >= 4 is 5.97 Å². The first-order valence-electron chi connectivity index (χ1n) is 28.1. The standard InChI is InChI=1S/C55H108O9/c1-3-5-7-9-11-13-15-17-19-21-23-25-27-29-31-33-35-37-39-41-43-45-61-47-49(48-62-55-54(60)53(59)52(58)50(46-56)64-55)63-51(57)44-42-40-38-36-34-32-30-28-26-24-22-20-18-16-14-12-10-8-6-4-2/h49-50,52-56,58-60H,3-48H2,1-2H3. The van der Waals surface area contributed by atoms with Crippen molar-refractivity contribution in [2.24, 2.45) is 0 Å². The van der Waals surface area contributed by atoms with E-state index in [-0.39, 0.29) is 19.2 Å². The zero-order valence-corrected chi connectivity index (χ0v) is 42.3. The summed E-state index contributed by atoms with van der Waals surface area (Å²) in [6.07, 6.45) is 47.2. The molecule has 0 saturated carbocycles. The third-order valence-electron chi connectivity index (χ3n) is 13.5. The molecule has 1 saturated heterocycles. The van der Waals surface area contributed by atoms with Crippen LogP contribution < -0.4 is 0 Å². The summed E-state index contributed by atoms with van der Waals surface area (Å²) in [6.45, 7) is 4.64. The summed E-state index contributed by atoms with van der Waals surface area (Å²) in [4.78, 5) is 12.9. The maximum atomic E-state index is 12.9. The molecular weight excluding hydrogens is 805 g/mol. The third-order valence-corrected chi connectivity index (χ3v) is 13.5. The Morgan fingerprint density at radius 2 is 0.766 bits per heavy atom. The number of ether oxygens (including phenoxy) is 4. The van der Waals surface area contributed by atoms with Gasteiger partial charge >= 0.3 is 5.97 Å². The van der Waals surface area contributed by atoms with Crippen molar-refractivity contribution in [3.8, 4) is 0 Å². The lowest BCUT2D eigenvalue weighted by Gasteiger charge is -2.39. The molecule has 9 nitrogen and oxygen atoms in total. The predicted octanol–water partition coefficient (Wildman–Crippen LogP) is 14.2. The Labute approximate surface area is 395 Å². The average Bonchev–Trinajstić information content (AvgIpc) is 3.30. The quantitative estimate of drug-likeness (QED) is 0.0347. The molecule has 0 radical (unpaired) electrons. The molecule has 6 atom stereocenters. The first-order valence-corrected chi connectivity index (χ1v) is 28.1. The van der Waals surface area contributed by atoms with Crippen LogP contribution >= 0.6 is 0 Å². The second-order valence-electron chi connectivity index (χ2n) is 19.8. The zero-order chi connectivity index (χ0) is 46.4. The first-order chi connectivity index (χ1) is 31.4. The van der Waals surface area contributed by atoms with Gasteiger partial charge in [0.2, 0.25) is 0 Å². The van der Waals surface area contributed by atoms with E-state index in [0.717, 1.165) is 32.1 Å². The van der Waals surface area contributed by atoms with Gasteiger partial charge in [0.1, 0.15) is 30.5 Å². The number of carbonyl (C=O) groups excluding carboxylic acids is 1. The number of hydrogen-bond donors (Lipinski definition) is 4. The molecule has 0 aliphatic carbocycles. The van der Waals surface area contributed by atoms with Crippen LogP contribution in [0.4, 0.5) is 0 Å². The van der Waals surface area contributed by atoms with Crippen LogP contribution in [-0.4, -0.2) is 89.6 Å². The molecule has 1 heterocycles. The SMILES string of the molecule is CCCCCCCCCCCCCCCCCCCCCCCOCC(COC1OC(CO)C(O)C(O)C1O)OC(=O)CCCCCCCCCCCCCCCCCCCCCC. The van der Waals surface area contributed by atoms with Crippen LogP contribution in [0.2, 0.25) is 0 Å². The Morgan fingerprint density at radius 1 is 0.438 bits per heavy atom. The lowest BCUT2D eigenvalue weighted by Crippen LogP contribution is -2.59. The third kappa shape index (κ3) is 37.2. The minimum Gasteiger partial charge on any atom is -0.457 e. The maximum Gasteiger partial charge on any atom is 0.306 e. The molecule has 0 aromatic rings. The van der Waals surface area contributed by atoms with Crippen LogP contribution in [0.5, 0.6) is 0 Å². The minimum absolute atomic E-state index is 0.104. The molecule has 0 bridgehead atoms.